The Bertz CT molecular complexity index is 355. The second-order valence-electron chi connectivity index (χ2n) is 3.77. The van der Waals surface area contributed by atoms with Crippen LogP contribution in [0.1, 0.15) is 26.3 Å². The first kappa shape index (κ1) is 15.4. The molecule has 0 aliphatic rings. The predicted octanol–water partition coefficient (Wildman–Crippen LogP) is 2.57. The number of hydrogen-bond acceptors (Lipinski definition) is 4. The molecular formula is C13H21ClN2O2. The second-order valence-corrected chi connectivity index (χ2v) is 4.15. The molecule has 102 valence electrons. The highest BCUT2D eigenvalue weighted by atomic mass is 35.5. The van der Waals surface area contributed by atoms with E-state index in [2.05, 4.69) is 10.3 Å². The van der Waals surface area contributed by atoms with Crippen molar-refractivity contribution in [1.29, 1.82) is 0 Å². The van der Waals surface area contributed by atoms with Gasteiger partial charge in [-0.25, -0.2) is 4.98 Å². The van der Waals surface area contributed by atoms with Crippen LogP contribution in [0.25, 0.3) is 0 Å². The number of ether oxygens (including phenoxy) is 2. The minimum atomic E-state index is -0.800. The Morgan fingerprint density at radius 3 is 2.44 bits per heavy atom. The third-order valence-electron chi connectivity index (χ3n) is 2.53. The van der Waals surface area contributed by atoms with E-state index in [1.54, 1.807) is 12.3 Å². The number of nitrogens with zero attached hydrogens (tertiary/aromatic N) is 1. The lowest BCUT2D eigenvalue weighted by Gasteiger charge is -2.33. The lowest BCUT2D eigenvalue weighted by Crippen LogP contribution is -2.43. The molecule has 1 aromatic heterocycles. The third kappa shape index (κ3) is 3.92. The Kier molecular flexibility index (Phi) is 6.57. The summed E-state index contributed by atoms with van der Waals surface area (Å²) in [5.41, 5.74) is 0.882. The third-order valence-corrected chi connectivity index (χ3v) is 2.74. The van der Waals surface area contributed by atoms with Gasteiger partial charge in [0.1, 0.15) is 5.15 Å². The van der Waals surface area contributed by atoms with Gasteiger partial charge in [0.05, 0.1) is 6.54 Å². The maximum Gasteiger partial charge on any atom is 0.207 e. The van der Waals surface area contributed by atoms with Crippen molar-refractivity contribution in [3.63, 3.8) is 0 Å². The van der Waals surface area contributed by atoms with Gasteiger partial charge in [-0.1, -0.05) is 18.5 Å². The molecule has 0 aromatic carbocycles. The van der Waals surface area contributed by atoms with Crippen LogP contribution in [0, 0.1) is 0 Å². The van der Waals surface area contributed by atoms with E-state index in [4.69, 9.17) is 21.1 Å². The first-order valence-electron chi connectivity index (χ1n) is 6.29. The van der Waals surface area contributed by atoms with Crippen LogP contribution in [-0.2, 0) is 15.3 Å². The Balaban J connectivity index is 3.05. The average molecular weight is 273 g/mol. The zero-order valence-corrected chi connectivity index (χ0v) is 12.0. The Hall–Kier alpha value is -0.680. The molecule has 1 rings (SSSR count). The maximum atomic E-state index is 5.94. The number of aromatic nitrogens is 1. The SMILES string of the molecule is CCNCC(OCC)(OCC)c1ccnc(Cl)c1. The van der Waals surface area contributed by atoms with Crippen LogP contribution in [0.2, 0.25) is 5.15 Å². The minimum absolute atomic E-state index is 0.438. The van der Waals surface area contributed by atoms with Crippen molar-refractivity contribution < 1.29 is 9.47 Å². The topological polar surface area (TPSA) is 43.4 Å². The summed E-state index contributed by atoms with van der Waals surface area (Å²) in [5.74, 6) is -0.800. The highest BCUT2D eigenvalue weighted by molar-refractivity contribution is 6.29. The Labute approximate surface area is 114 Å². The van der Waals surface area contributed by atoms with Crippen LogP contribution in [-0.4, -0.2) is 31.3 Å². The number of hydrogen-bond donors (Lipinski definition) is 1. The van der Waals surface area contributed by atoms with Crippen LogP contribution in [0.15, 0.2) is 18.3 Å². The van der Waals surface area contributed by atoms with Crippen molar-refractivity contribution in [2.45, 2.75) is 26.6 Å². The number of nitrogens with one attached hydrogen (secondary N) is 1. The van der Waals surface area contributed by atoms with E-state index in [1.807, 2.05) is 26.8 Å². The molecule has 4 nitrogen and oxygen atoms in total. The first-order valence-corrected chi connectivity index (χ1v) is 6.67. The molecule has 0 bridgehead atoms. The number of pyridine rings is 1. The molecule has 1 N–H and O–H groups in total. The van der Waals surface area contributed by atoms with Crippen LogP contribution in [0.5, 0.6) is 0 Å². The zero-order valence-electron chi connectivity index (χ0n) is 11.2. The van der Waals surface area contributed by atoms with Crippen molar-refractivity contribution in [1.82, 2.24) is 10.3 Å². The average Bonchev–Trinajstić information content (AvgIpc) is 2.36. The molecule has 0 radical (unpaired) electrons. The van der Waals surface area contributed by atoms with Crippen molar-refractivity contribution in [3.8, 4) is 0 Å². The summed E-state index contributed by atoms with van der Waals surface area (Å²) in [6, 6.07) is 3.65. The van der Waals surface area contributed by atoms with Gasteiger partial charge in [-0.15, -0.1) is 0 Å². The molecule has 0 amide bonds. The number of halogens is 1. The molecule has 1 heterocycles. The van der Waals surface area contributed by atoms with Gasteiger partial charge < -0.3 is 14.8 Å². The quantitative estimate of drug-likeness (QED) is 0.583. The first-order chi connectivity index (χ1) is 8.68. The molecule has 0 atom stereocenters. The summed E-state index contributed by atoms with van der Waals surface area (Å²) in [6.07, 6.45) is 1.66. The fourth-order valence-electron chi connectivity index (χ4n) is 1.81. The second kappa shape index (κ2) is 7.69. The Morgan fingerprint density at radius 2 is 1.94 bits per heavy atom. The zero-order chi connectivity index (χ0) is 13.4. The van der Waals surface area contributed by atoms with E-state index in [0.717, 1.165) is 12.1 Å². The highest BCUT2D eigenvalue weighted by Gasteiger charge is 2.33. The summed E-state index contributed by atoms with van der Waals surface area (Å²) in [6.45, 7) is 8.48. The molecule has 0 unspecified atom stereocenters. The van der Waals surface area contributed by atoms with E-state index in [1.165, 1.54) is 0 Å². The van der Waals surface area contributed by atoms with Gasteiger partial charge >= 0.3 is 0 Å². The van der Waals surface area contributed by atoms with Crippen LogP contribution < -0.4 is 5.32 Å². The summed E-state index contributed by atoms with van der Waals surface area (Å²) in [5, 5.41) is 3.70. The maximum absolute atomic E-state index is 5.94. The van der Waals surface area contributed by atoms with Gasteiger partial charge in [0, 0.05) is 25.0 Å². The van der Waals surface area contributed by atoms with Crippen molar-refractivity contribution >= 4 is 11.6 Å². The predicted molar refractivity (Wildman–Crippen MR) is 72.7 cm³/mol. The van der Waals surface area contributed by atoms with Gasteiger partial charge in [-0.05, 0) is 32.5 Å². The monoisotopic (exact) mass is 272 g/mol. The molecule has 18 heavy (non-hydrogen) atoms. The standard InChI is InChI=1S/C13H21ClN2O2/c1-4-15-10-13(17-5-2,18-6-3)11-7-8-16-12(14)9-11/h7-9,15H,4-6,10H2,1-3H3. The highest BCUT2D eigenvalue weighted by Crippen LogP contribution is 2.28. The molecule has 0 aliphatic heterocycles. The lowest BCUT2D eigenvalue weighted by atomic mass is 10.1. The molecule has 0 aliphatic carbocycles. The van der Waals surface area contributed by atoms with Gasteiger partial charge in [0.25, 0.3) is 0 Å². The molecular weight excluding hydrogens is 252 g/mol. The van der Waals surface area contributed by atoms with Gasteiger partial charge in [0.15, 0.2) is 0 Å². The van der Waals surface area contributed by atoms with Gasteiger partial charge in [-0.2, -0.15) is 0 Å². The van der Waals surface area contributed by atoms with Crippen molar-refractivity contribution in [2.24, 2.45) is 0 Å². The molecule has 0 saturated carbocycles. The lowest BCUT2D eigenvalue weighted by molar-refractivity contribution is -0.239. The fraction of sp³-hybridized carbons (Fsp3) is 0.615. The van der Waals surface area contributed by atoms with E-state index in [-0.39, 0.29) is 0 Å². The van der Waals surface area contributed by atoms with E-state index in [0.29, 0.717) is 24.9 Å². The summed E-state index contributed by atoms with van der Waals surface area (Å²) in [4.78, 5) is 3.99. The fourth-order valence-corrected chi connectivity index (χ4v) is 1.98. The largest absolute Gasteiger partial charge is 0.345 e. The van der Waals surface area contributed by atoms with Crippen LogP contribution in [0.4, 0.5) is 0 Å². The van der Waals surface area contributed by atoms with E-state index >= 15 is 0 Å². The van der Waals surface area contributed by atoms with E-state index in [9.17, 15) is 0 Å². The molecule has 0 spiro atoms. The molecule has 1 aromatic rings. The number of likely N-dealkylation sites (N-methyl/N-ethyl adjacent to an activating group) is 1. The summed E-state index contributed by atoms with van der Waals surface area (Å²) in [7, 11) is 0. The summed E-state index contributed by atoms with van der Waals surface area (Å²) >= 11 is 5.94. The van der Waals surface area contributed by atoms with Gasteiger partial charge in [-0.3, -0.25) is 0 Å². The normalized spacial score (nSPS) is 11.8. The van der Waals surface area contributed by atoms with Crippen LogP contribution >= 0.6 is 11.6 Å². The minimum Gasteiger partial charge on any atom is -0.345 e. The van der Waals surface area contributed by atoms with Crippen molar-refractivity contribution in [2.75, 3.05) is 26.3 Å². The van der Waals surface area contributed by atoms with Crippen LogP contribution in [0.3, 0.4) is 0 Å². The van der Waals surface area contributed by atoms with E-state index < -0.39 is 5.79 Å². The smallest absolute Gasteiger partial charge is 0.207 e. The summed E-state index contributed by atoms with van der Waals surface area (Å²) < 4.78 is 11.7. The molecule has 0 saturated heterocycles. The molecule has 0 fully saturated rings. The van der Waals surface area contributed by atoms with Crippen molar-refractivity contribution in [3.05, 3.63) is 29.0 Å². The van der Waals surface area contributed by atoms with Gasteiger partial charge in [0.2, 0.25) is 5.79 Å². The Morgan fingerprint density at radius 1 is 1.28 bits per heavy atom. The molecule has 5 heteroatoms. The number of rotatable bonds is 8.